The van der Waals surface area contributed by atoms with E-state index in [-0.39, 0.29) is 29.1 Å². The second-order valence-electron chi connectivity index (χ2n) is 6.93. The SMILES string of the molecule is CC(C)(C)C(C(=O)O)N1C(=O)C2C(C1=O)C2(C)C. The number of amides is 2. The van der Waals surface area contributed by atoms with Gasteiger partial charge in [-0.2, -0.15) is 0 Å². The number of hydrogen-bond acceptors (Lipinski definition) is 3. The summed E-state index contributed by atoms with van der Waals surface area (Å²) in [5.41, 5.74) is -0.969. The summed E-state index contributed by atoms with van der Waals surface area (Å²) >= 11 is 0. The predicted molar refractivity (Wildman–Crippen MR) is 63.5 cm³/mol. The van der Waals surface area contributed by atoms with E-state index in [1.165, 1.54) is 0 Å². The number of imide groups is 1. The number of carboxylic acids is 1. The van der Waals surface area contributed by atoms with Crippen LogP contribution >= 0.6 is 0 Å². The molecule has 1 aliphatic carbocycles. The average molecular weight is 253 g/mol. The molecule has 0 bridgehead atoms. The van der Waals surface area contributed by atoms with Crippen LogP contribution < -0.4 is 0 Å². The maximum absolute atomic E-state index is 12.2. The number of carbonyl (C=O) groups is 3. The molecule has 0 radical (unpaired) electrons. The average Bonchev–Trinajstić information content (AvgIpc) is 2.61. The Bertz CT molecular complexity index is 422. The van der Waals surface area contributed by atoms with Crippen LogP contribution in [0.5, 0.6) is 0 Å². The molecule has 5 nitrogen and oxygen atoms in total. The zero-order valence-corrected chi connectivity index (χ0v) is 11.4. The summed E-state index contributed by atoms with van der Waals surface area (Å²) in [5.74, 6) is -2.42. The van der Waals surface area contributed by atoms with Crippen molar-refractivity contribution in [3.8, 4) is 0 Å². The summed E-state index contributed by atoms with van der Waals surface area (Å²) < 4.78 is 0. The van der Waals surface area contributed by atoms with Gasteiger partial charge in [0.1, 0.15) is 6.04 Å². The number of carbonyl (C=O) groups excluding carboxylic acids is 2. The molecule has 100 valence electrons. The third kappa shape index (κ3) is 1.49. The van der Waals surface area contributed by atoms with E-state index in [0.717, 1.165) is 4.90 Å². The standard InChI is InChI=1S/C13H19NO4/c1-12(2,3)8(11(17)18)14-9(15)6-7(10(14)16)13(6,4)5/h6-8H,1-5H3,(H,17,18). The van der Waals surface area contributed by atoms with Gasteiger partial charge in [-0.25, -0.2) is 4.79 Å². The van der Waals surface area contributed by atoms with Crippen molar-refractivity contribution in [1.82, 2.24) is 4.90 Å². The Labute approximate surface area is 106 Å². The molecule has 0 aromatic rings. The highest BCUT2D eigenvalue weighted by Gasteiger charge is 2.74. The Morgan fingerprint density at radius 3 is 1.89 bits per heavy atom. The first kappa shape index (κ1) is 13.1. The fourth-order valence-corrected chi connectivity index (χ4v) is 3.09. The van der Waals surface area contributed by atoms with Gasteiger partial charge in [0.05, 0.1) is 11.8 Å². The molecule has 3 atom stereocenters. The second-order valence-corrected chi connectivity index (χ2v) is 6.93. The van der Waals surface area contributed by atoms with Crippen molar-refractivity contribution >= 4 is 17.8 Å². The molecule has 0 spiro atoms. The van der Waals surface area contributed by atoms with Crippen LogP contribution in [0.1, 0.15) is 34.6 Å². The Morgan fingerprint density at radius 2 is 1.61 bits per heavy atom. The monoisotopic (exact) mass is 253 g/mol. The van der Waals surface area contributed by atoms with Crippen molar-refractivity contribution in [2.75, 3.05) is 0 Å². The van der Waals surface area contributed by atoms with Gasteiger partial charge in [-0.15, -0.1) is 0 Å². The third-order valence-corrected chi connectivity index (χ3v) is 4.15. The van der Waals surface area contributed by atoms with E-state index in [4.69, 9.17) is 0 Å². The second kappa shape index (κ2) is 3.33. The quantitative estimate of drug-likeness (QED) is 0.748. The zero-order valence-electron chi connectivity index (χ0n) is 11.4. The maximum Gasteiger partial charge on any atom is 0.327 e. The first-order valence-corrected chi connectivity index (χ1v) is 6.11. The van der Waals surface area contributed by atoms with E-state index in [9.17, 15) is 19.5 Å². The molecule has 1 aliphatic heterocycles. The van der Waals surface area contributed by atoms with E-state index in [1.54, 1.807) is 20.8 Å². The van der Waals surface area contributed by atoms with Crippen LogP contribution in [-0.2, 0) is 14.4 Å². The number of hydrogen-bond donors (Lipinski definition) is 1. The van der Waals surface area contributed by atoms with Gasteiger partial charge in [-0.1, -0.05) is 34.6 Å². The van der Waals surface area contributed by atoms with E-state index in [1.807, 2.05) is 13.8 Å². The minimum Gasteiger partial charge on any atom is -0.480 e. The Morgan fingerprint density at radius 1 is 1.22 bits per heavy atom. The van der Waals surface area contributed by atoms with Gasteiger partial charge in [0.15, 0.2) is 0 Å². The van der Waals surface area contributed by atoms with Crippen molar-refractivity contribution < 1.29 is 19.5 Å². The lowest BCUT2D eigenvalue weighted by Crippen LogP contribution is -2.54. The molecule has 0 aromatic carbocycles. The first-order chi connectivity index (χ1) is 8.01. The van der Waals surface area contributed by atoms with Crippen LogP contribution in [0.15, 0.2) is 0 Å². The molecule has 18 heavy (non-hydrogen) atoms. The molecule has 3 unspecified atom stereocenters. The molecule has 1 saturated carbocycles. The normalized spacial score (nSPS) is 31.3. The predicted octanol–water partition coefficient (Wildman–Crippen LogP) is 1.13. The topological polar surface area (TPSA) is 74.7 Å². The Kier molecular flexibility index (Phi) is 2.42. The Balaban J connectivity index is 2.34. The van der Waals surface area contributed by atoms with Crippen LogP contribution in [0.25, 0.3) is 0 Å². The van der Waals surface area contributed by atoms with E-state index < -0.39 is 17.4 Å². The number of rotatable bonds is 2. The smallest absolute Gasteiger partial charge is 0.327 e. The fourth-order valence-electron chi connectivity index (χ4n) is 3.09. The molecule has 2 aliphatic rings. The maximum atomic E-state index is 12.2. The van der Waals surface area contributed by atoms with Gasteiger partial charge in [0, 0.05) is 0 Å². The molecule has 5 heteroatoms. The lowest BCUT2D eigenvalue weighted by Gasteiger charge is -2.35. The number of likely N-dealkylation sites (tertiary alicyclic amines) is 1. The number of aliphatic carboxylic acids is 1. The molecule has 2 amide bonds. The molecule has 1 saturated heterocycles. The molecular weight excluding hydrogens is 234 g/mol. The first-order valence-electron chi connectivity index (χ1n) is 6.11. The molecule has 1 N–H and O–H groups in total. The van der Waals surface area contributed by atoms with Crippen LogP contribution in [0.3, 0.4) is 0 Å². The van der Waals surface area contributed by atoms with Crippen LogP contribution in [0.4, 0.5) is 0 Å². The van der Waals surface area contributed by atoms with Crippen LogP contribution in [-0.4, -0.2) is 33.8 Å². The molecular formula is C13H19NO4. The highest BCUT2D eigenvalue weighted by atomic mass is 16.4. The summed E-state index contributed by atoms with van der Waals surface area (Å²) in [5, 5.41) is 9.29. The van der Waals surface area contributed by atoms with Crippen LogP contribution in [0.2, 0.25) is 0 Å². The Hall–Kier alpha value is -1.39. The summed E-state index contributed by atoms with van der Waals surface area (Å²) in [6.07, 6.45) is 0. The fraction of sp³-hybridized carbons (Fsp3) is 0.769. The summed E-state index contributed by atoms with van der Waals surface area (Å²) in [7, 11) is 0. The minimum absolute atomic E-state index is 0.300. The van der Waals surface area contributed by atoms with E-state index in [2.05, 4.69) is 0 Å². The van der Waals surface area contributed by atoms with Gasteiger partial charge in [-0.3, -0.25) is 14.5 Å². The molecule has 2 rings (SSSR count). The summed E-state index contributed by atoms with van der Waals surface area (Å²) in [6, 6.07) is -1.08. The summed E-state index contributed by atoms with van der Waals surface area (Å²) in [6.45, 7) is 8.93. The van der Waals surface area contributed by atoms with Gasteiger partial charge in [-0.05, 0) is 10.8 Å². The lowest BCUT2D eigenvalue weighted by molar-refractivity contribution is -0.161. The van der Waals surface area contributed by atoms with Crippen molar-refractivity contribution in [2.45, 2.75) is 40.7 Å². The third-order valence-electron chi connectivity index (χ3n) is 4.15. The van der Waals surface area contributed by atoms with Gasteiger partial charge in [0.2, 0.25) is 11.8 Å². The largest absolute Gasteiger partial charge is 0.480 e. The number of nitrogens with zero attached hydrogens (tertiary/aromatic N) is 1. The van der Waals surface area contributed by atoms with E-state index >= 15 is 0 Å². The van der Waals surface area contributed by atoms with Gasteiger partial charge >= 0.3 is 5.97 Å². The van der Waals surface area contributed by atoms with E-state index in [0.29, 0.717) is 0 Å². The lowest BCUT2D eigenvalue weighted by atomic mass is 9.85. The molecule has 1 heterocycles. The van der Waals surface area contributed by atoms with Crippen molar-refractivity contribution in [1.29, 1.82) is 0 Å². The number of piperidine rings is 1. The van der Waals surface area contributed by atoms with Crippen molar-refractivity contribution in [3.05, 3.63) is 0 Å². The number of carboxylic acid groups (broad SMARTS) is 1. The zero-order chi connectivity index (χ0) is 14.0. The van der Waals surface area contributed by atoms with Crippen molar-refractivity contribution in [2.24, 2.45) is 22.7 Å². The molecule has 0 aromatic heterocycles. The number of fused-ring (bicyclic) bond motifs is 1. The summed E-state index contributed by atoms with van der Waals surface area (Å²) in [4.78, 5) is 36.8. The van der Waals surface area contributed by atoms with Crippen LogP contribution in [0, 0.1) is 22.7 Å². The molecule has 2 fully saturated rings. The van der Waals surface area contributed by atoms with Gasteiger partial charge < -0.3 is 5.11 Å². The highest BCUT2D eigenvalue weighted by molar-refractivity contribution is 6.12. The van der Waals surface area contributed by atoms with Gasteiger partial charge in [0.25, 0.3) is 0 Å². The minimum atomic E-state index is -1.12. The highest BCUT2D eigenvalue weighted by Crippen LogP contribution is 2.63. The van der Waals surface area contributed by atoms with Crippen molar-refractivity contribution in [3.63, 3.8) is 0 Å².